The van der Waals surface area contributed by atoms with Gasteiger partial charge >= 0.3 is 6.18 Å². The molecule has 2 rings (SSSR count). The highest BCUT2D eigenvalue weighted by atomic mass is 35.5. The zero-order valence-electron chi connectivity index (χ0n) is 10.2. The van der Waals surface area contributed by atoms with Gasteiger partial charge in [-0.2, -0.15) is 18.2 Å². The largest absolute Gasteiger partial charge is 0.496 e. The molecule has 5 nitrogen and oxygen atoms in total. The average molecular weight is 308 g/mol. The summed E-state index contributed by atoms with van der Waals surface area (Å²) >= 11 is 5.86. The highest BCUT2D eigenvalue weighted by molar-refractivity contribution is 6.33. The van der Waals surface area contributed by atoms with E-state index < -0.39 is 18.4 Å². The number of alkyl halides is 3. The summed E-state index contributed by atoms with van der Waals surface area (Å²) in [5, 5.41) is 3.47. The minimum absolute atomic E-state index is 0.122. The van der Waals surface area contributed by atoms with Crippen LogP contribution in [-0.4, -0.2) is 23.4 Å². The second-order valence-electron chi connectivity index (χ2n) is 3.88. The quantitative estimate of drug-likeness (QED) is 0.882. The number of hydrogen-bond acceptors (Lipinski definition) is 5. The Bertz CT molecular complexity index is 628. The number of benzene rings is 1. The van der Waals surface area contributed by atoms with Crippen molar-refractivity contribution in [1.29, 1.82) is 0 Å². The van der Waals surface area contributed by atoms with E-state index >= 15 is 0 Å². The van der Waals surface area contributed by atoms with Crippen molar-refractivity contribution < 1.29 is 22.4 Å². The van der Waals surface area contributed by atoms with Gasteiger partial charge in [0.05, 0.1) is 23.4 Å². The summed E-state index contributed by atoms with van der Waals surface area (Å²) in [7, 11) is 1.37. The lowest BCUT2D eigenvalue weighted by molar-refractivity contribution is -0.128. The van der Waals surface area contributed by atoms with Crippen LogP contribution in [0.3, 0.4) is 0 Å². The maximum atomic E-state index is 12.2. The lowest BCUT2D eigenvalue weighted by Crippen LogP contribution is -2.12. The maximum absolute atomic E-state index is 12.2. The first-order valence-electron chi connectivity index (χ1n) is 5.33. The van der Waals surface area contributed by atoms with Crippen molar-refractivity contribution >= 4 is 17.3 Å². The van der Waals surface area contributed by atoms with E-state index in [1.165, 1.54) is 19.2 Å². The summed E-state index contributed by atoms with van der Waals surface area (Å²) in [5.41, 5.74) is 6.14. The number of halogens is 4. The molecule has 20 heavy (non-hydrogen) atoms. The number of nitrogen functional groups attached to an aromatic ring is 1. The van der Waals surface area contributed by atoms with E-state index in [-0.39, 0.29) is 27.9 Å². The lowest BCUT2D eigenvalue weighted by Gasteiger charge is -2.07. The van der Waals surface area contributed by atoms with E-state index in [1.807, 2.05) is 0 Å². The number of methoxy groups -OCH3 is 1. The Morgan fingerprint density at radius 3 is 2.70 bits per heavy atom. The predicted molar refractivity (Wildman–Crippen MR) is 65.5 cm³/mol. The minimum Gasteiger partial charge on any atom is -0.496 e. The molecule has 9 heteroatoms. The molecule has 0 unspecified atom stereocenters. The summed E-state index contributed by atoms with van der Waals surface area (Å²) in [4.78, 5) is 3.67. The van der Waals surface area contributed by atoms with E-state index in [2.05, 4.69) is 10.1 Å². The number of hydrogen-bond donors (Lipinski definition) is 1. The van der Waals surface area contributed by atoms with Gasteiger partial charge in [-0.1, -0.05) is 16.8 Å². The molecule has 0 fully saturated rings. The molecule has 0 saturated heterocycles. The maximum Gasteiger partial charge on any atom is 0.396 e. The van der Waals surface area contributed by atoms with Gasteiger partial charge in [-0.05, 0) is 6.07 Å². The molecule has 0 aliphatic heterocycles. The fraction of sp³-hybridized carbons (Fsp3) is 0.273. The number of rotatable bonds is 3. The van der Waals surface area contributed by atoms with Crippen LogP contribution < -0.4 is 10.5 Å². The number of aromatic nitrogens is 2. The smallest absolute Gasteiger partial charge is 0.396 e. The fourth-order valence-corrected chi connectivity index (χ4v) is 1.68. The Morgan fingerprint density at radius 1 is 1.40 bits per heavy atom. The molecule has 0 radical (unpaired) electrons. The third-order valence-electron chi connectivity index (χ3n) is 2.38. The predicted octanol–water partition coefficient (Wildman–Crippen LogP) is 3.09. The molecule has 108 valence electrons. The third-order valence-corrected chi connectivity index (χ3v) is 2.70. The minimum atomic E-state index is -4.41. The number of nitrogens with two attached hydrogens (primary N) is 1. The van der Waals surface area contributed by atoms with Gasteiger partial charge in [-0.15, -0.1) is 0 Å². The van der Waals surface area contributed by atoms with Crippen molar-refractivity contribution in [3.63, 3.8) is 0 Å². The average Bonchev–Trinajstić information content (AvgIpc) is 2.78. The molecule has 0 atom stereocenters. The summed E-state index contributed by atoms with van der Waals surface area (Å²) in [5.74, 6) is -0.320. The van der Waals surface area contributed by atoms with Crippen LogP contribution in [0.4, 0.5) is 18.9 Å². The van der Waals surface area contributed by atoms with Gasteiger partial charge in [-0.25, -0.2) is 0 Å². The summed E-state index contributed by atoms with van der Waals surface area (Å²) < 4.78 is 46.5. The molecule has 2 aromatic rings. The molecule has 0 bridgehead atoms. The monoisotopic (exact) mass is 307 g/mol. The Balaban J connectivity index is 2.39. The van der Waals surface area contributed by atoms with Crippen LogP contribution in [0.1, 0.15) is 5.82 Å². The van der Waals surface area contributed by atoms with Gasteiger partial charge in [0.15, 0.2) is 5.82 Å². The molecule has 0 saturated carbocycles. The first-order valence-corrected chi connectivity index (χ1v) is 5.70. The SMILES string of the molecule is COc1cc(N)c(Cl)cc1-c1nc(CC(F)(F)F)no1. The van der Waals surface area contributed by atoms with E-state index in [4.69, 9.17) is 26.6 Å². The first-order chi connectivity index (χ1) is 9.30. The molecular weight excluding hydrogens is 299 g/mol. The molecular formula is C11H9ClF3N3O2. The Hall–Kier alpha value is -1.96. The molecule has 0 aliphatic carbocycles. The number of nitrogens with zero attached hydrogens (tertiary/aromatic N) is 2. The van der Waals surface area contributed by atoms with Crippen LogP contribution in [0.25, 0.3) is 11.5 Å². The van der Waals surface area contributed by atoms with Crippen molar-refractivity contribution in [2.45, 2.75) is 12.6 Å². The standard InChI is InChI=1S/C11H9ClF3N3O2/c1-19-8-3-7(16)6(12)2-5(8)10-17-9(18-20-10)4-11(13,14)15/h2-3H,4,16H2,1H3. The third kappa shape index (κ3) is 3.13. The van der Waals surface area contributed by atoms with Gasteiger partial charge < -0.3 is 15.0 Å². The van der Waals surface area contributed by atoms with Crippen LogP contribution in [-0.2, 0) is 6.42 Å². The Morgan fingerprint density at radius 2 is 2.10 bits per heavy atom. The van der Waals surface area contributed by atoms with Gasteiger partial charge in [-0.3, -0.25) is 0 Å². The molecule has 0 spiro atoms. The topological polar surface area (TPSA) is 74.2 Å². The molecule has 2 N–H and O–H groups in total. The van der Waals surface area contributed by atoms with Crippen molar-refractivity contribution in [2.24, 2.45) is 0 Å². The number of ether oxygens (including phenoxy) is 1. The molecule has 0 amide bonds. The zero-order valence-corrected chi connectivity index (χ0v) is 10.9. The van der Waals surface area contributed by atoms with Crippen LogP contribution in [0, 0.1) is 0 Å². The normalized spacial score (nSPS) is 11.7. The summed E-state index contributed by atoms with van der Waals surface area (Å²) in [6.07, 6.45) is -5.69. The lowest BCUT2D eigenvalue weighted by atomic mass is 10.2. The summed E-state index contributed by atoms with van der Waals surface area (Å²) in [6, 6.07) is 2.81. The van der Waals surface area contributed by atoms with Gasteiger partial charge in [0.1, 0.15) is 12.2 Å². The van der Waals surface area contributed by atoms with Crippen LogP contribution in [0.15, 0.2) is 16.7 Å². The van der Waals surface area contributed by atoms with Crippen molar-refractivity contribution in [3.05, 3.63) is 23.0 Å². The second-order valence-corrected chi connectivity index (χ2v) is 4.29. The van der Waals surface area contributed by atoms with Gasteiger partial charge in [0.2, 0.25) is 0 Å². The molecule has 1 aromatic heterocycles. The first kappa shape index (κ1) is 14.4. The highest BCUT2D eigenvalue weighted by Crippen LogP contribution is 2.35. The van der Waals surface area contributed by atoms with E-state index in [9.17, 15) is 13.2 Å². The molecule has 1 aromatic carbocycles. The Labute approximate surface area is 116 Å². The van der Waals surface area contributed by atoms with Crippen molar-refractivity contribution in [3.8, 4) is 17.2 Å². The molecule has 0 aliphatic rings. The Kier molecular flexibility index (Phi) is 3.76. The second kappa shape index (κ2) is 5.20. The van der Waals surface area contributed by atoms with Crippen molar-refractivity contribution in [1.82, 2.24) is 10.1 Å². The van der Waals surface area contributed by atoms with Gasteiger partial charge in [0.25, 0.3) is 5.89 Å². The molecule has 1 heterocycles. The van der Waals surface area contributed by atoms with Crippen LogP contribution in [0.2, 0.25) is 5.02 Å². The van der Waals surface area contributed by atoms with Crippen molar-refractivity contribution in [2.75, 3.05) is 12.8 Å². The summed E-state index contributed by atoms with van der Waals surface area (Å²) in [6.45, 7) is 0. The highest BCUT2D eigenvalue weighted by Gasteiger charge is 2.31. The van der Waals surface area contributed by atoms with E-state index in [0.29, 0.717) is 0 Å². The fourth-order valence-electron chi connectivity index (χ4n) is 1.52. The van der Waals surface area contributed by atoms with E-state index in [1.54, 1.807) is 0 Å². The zero-order chi connectivity index (χ0) is 14.9. The number of anilines is 1. The van der Waals surface area contributed by atoms with E-state index in [0.717, 1.165) is 0 Å². The van der Waals surface area contributed by atoms with Crippen LogP contribution in [0.5, 0.6) is 5.75 Å². The van der Waals surface area contributed by atoms with Gasteiger partial charge in [0, 0.05) is 6.07 Å². The van der Waals surface area contributed by atoms with Crippen LogP contribution >= 0.6 is 11.6 Å².